The van der Waals surface area contributed by atoms with Crippen molar-refractivity contribution in [2.24, 2.45) is 0 Å². The van der Waals surface area contributed by atoms with E-state index >= 15 is 0 Å². The van der Waals surface area contributed by atoms with Gasteiger partial charge in [0.05, 0.1) is 21.3 Å². The Kier molecular flexibility index (Phi) is 7.10. The Morgan fingerprint density at radius 2 is 1.71 bits per heavy atom. The molecule has 0 spiro atoms. The second kappa shape index (κ2) is 10.1. The fourth-order valence-corrected chi connectivity index (χ4v) is 4.74. The summed E-state index contributed by atoms with van der Waals surface area (Å²) in [6, 6.07) is 13.3. The largest absolute Gasteiger partial charge is 0.480 e. The molecule has 2 N–H and O–H groups in total. The number of carboxylic acids is 1. The van der Waals surface area contributed by atoms with Gasteiger partial charge < -0.3 is 15.3 Å². The zero-order chi connectivity index (χ0) is 25.3. The molecule has 0 saturated heterocycles. The van der Waals surface area contributed by atoms with E-state index in [4.69, 9.17) is 23.2 Å². The minimum Gasteiger partial charge on any atom is -0.480 e. The molecule has 1 aromatic heterocycles. The van der Waals surface area contributed by atoms with Crippen molar-refractivity contribution in [1.29, 1.82) is 0 Å². The number of nitrogens with zero attached hydrogens (tertiary/aromatic N) is 2. The number of fused-ring (bicyclic) bond motifs is 1. The number of carbonyl (C=O) groups is 1. The number of nitrogens with one attached hydrogen (secondary N) is 1. The van der Waals surface area contributed by atoms with Crippen LogP contribution in [0, 0.1) is 0 Å². The van der Waals surface area contributed by atoms with E-state index < -0.39 is 22.9 Å². The Balaban J connectivity index is 1.61. The van der Waals surface area contributed by atoms with Gasteiger partial charge in [-0.25, -0.2) is 9.78 Å². The Bertz CT molecular complexity index is 1470. The van der Waals surface area contributed by atoms with Crippen molar-refractivity contribution in [2.75, 3.05) is 23.3 Å². The Morgan fingerprint density at radius 3 is 2.34 bits per heavy atom. The van der Waals surface area contributed by atoms with E-state index in [1.54, 1.807) is 35.2 Å². The van der Waals surface area contributed by atoms with Crippen LogP contribution in [0.2, 0.25) is 10.0 Å². The molecule has 0 aliphatic heterocycles. The first-order valence-corrected chi connectivity index (χ1v) is 11.9. The molecule has 180 valence electrons. The van der Waals surface area contributed by atoms with E-state index in [2.05, 4.69) is 10.3 Å². The Hall–Kier alpha value is -3.42. The van der Waals surface area contributed by atoms with Crippen molar-refractivity contribution >= 4 is 51.4 Å². The Morgan fingerprint density at radius 1 is 1.03 bits per heavy atom. The van der Waals surface area contributed by atoms with Crippen LogP contribution in [-0.4, -0.2) is 35.2 Å². The van der Waals surface area contributed by atoms with Crippen LogP contribution >= 0.6 is 23.2 Å². The predicted molar refractivity (Wildman–Crippen MR) is 141 cm³/mol. The molecule has 0 unspecified atom stereocenters. The van der Waals surface area contributed by atoms with Gasteiger partial charge in [-0.3, -0.25) is 9.59 Å². The highest BCUT2D eigenvalue weighted by atomic mass is 35.5. The normalized spacial score (nSPS) is 12.1. The molecule has 0 fully saturated rings. The Labute approximate surface area is 211 Å². The number of pyridine rings is 1. The lowest BCUT2D eigenvalue weighted by Crippen LogP contribution is -2.45. The molecular formula is C26H23Cl2N3O4. The molecule has 0 radical (unpaired) electrons. The van der Waals surface area contributed by atoms with Crippen LogP contribution in [0.5, 0.6) is 0 Å². The number of hydrogen-bond acceptors (Lipinski definition) is 6. The maximum absolute atomic E-state index is 12.2. The van der Waals surface area contributed by atoms with Gasteiger partial charge >= 0.3 is 5.97 Å². The summed E-state index contributed by atoms with van der Waals surface area (Å²) in [7, 11) is 0. The van der Waals surface area contributed by atoms with E-state index in [0.29, 0.717) is 39.9 Å². The number of benzene rings is 2. The highest BCUT2D eigenvalue weighted by Gasteiger charge is 2.29. The van der Waals surface area contributed by atoms with Gasteiger partial charge in [-0.2, -0.15) is 0 Å². The lowest BCUT2D eigenvalue weighted by atomic mass is 10.0. The zero-order valence-corrected chi connectivity index (χ0v) is 20.7. The fraction of sp³-hybridized carbons (Fsp3) is 0.231. The number of halogens is 2. The van der Waals surface area contributed by atoms with Crippen LogP contribution in [0.3, 0.4) is 0 Å². The summed E-state index contributed by atoms with van der Waals surface area (Å²) in [6.45, 7) is 4.81. The molecule has 9 heteroatoms. The molecule has 0 aliphatic rings. The smallest absolute Gasteiger partial charge is 0.326 e. The summed E-state index contributed by atoms with van der Waals surface area (Å²) < 4.78 is 0. The minimum absolute atomic E-state index is 0.0646. The van der Waals surface area contributed by atoms with Crippen molar-refractivity contribution in [3.8, 4) is 11.3 Å². The molecule has 4 rings (SSSR count). The molecule has 0 bridgehead atoms. The van der Waals surface area contributed by atoms with E-state index in [1.165, 1.54) is 0 Å². The second-order valence-corrected chi connectivity index (χ2v) is 8.93. The molecule has 0 saturated carbocycles. The first-order chi connectivity index (χ1) is 16.7. The maximum atomic E-state index is 12.2. The summed E-state index contributed by atoms with van der Waals surface area (Å²) in [5.41, 5.74) is 1.76. The average molecular weight is 512 g/mol. The van der Waals surface area contributed by atoms with Crippen molar-refractivity contribution in [3.05, 3.63) is 84.6 Å². The maximum Gasteiger partial charge on any atom is 0.326 e. The summed E-state index contributed by atoms with van der Waals surface area (Å²) in [5, 5.41) is 14.4. The van der Waals surface area contributed by atoms with Crippen LogP contribution in [0.1, 0.15) is 19.4 Å². The van der Waals surface area contributed by atoms with Gasteiger partial charge in [0.15, 0.2) is 0 Å². The van der Waals surface area contributed by atoms with Crippen molar-refractivity contribution in [3.63, 3.8) is 0 Å². The van der Waals surface area contributed by atoms with Crippen LogP contribution in [0.25, 0.3) is 22.2 Å². The third kappa shape index (κ3) is 4.74. The number of anilines is 2. The number of aromatic nitrogens is 1. The second-order valence-electron chi connectivity index (χ2n) is 8.11. The van der Waals surface area contributed by atoms with Crippen molar-refractivity contribution in [1.82, 2.24) is 4.98 Å². The number of aliphatic carboxylic acids is 1. The third-order valence-electron chi connectivity index (χ3n) is 5.99. The topological polar surface area (TPSA) is 99.6 Å². The summed E-state index contributed by atoms with van der Waals surface area (Å²) in [4.78, 5) is 42.7. The lowest BCUT2D eigenvalue weighted by molar-refractivity contribution is -0.137. The standard InChI is InChI=1S/C26H23Cl2N3O4/c1-3-31(4-2)23-22(24(32)25(23)33)30-20(26(34)35)13-14-8-10-18-15(12-14)9-11-19(29-18)21-16(27)6-5-7-17(21)28/h5-12,20,30H,3-4,13H2,1-2H3,(H,34,35)/t20-/m0/s1. The van der Waals surface area contributed by atoms with Gasteiger partial charge in [0.25, 0.3) is 10.9 Å². The van der Waals surface area contributed by atoms with Gasteiger partial charge in [0, 0.05) is 30.5 Å². The van der Waals surface area contributed by atoms with Gasteiger partial charge in [-0.1, -0.05) is 41.4 Å². The average Bonchev–Trinajstić information content (AvgIpc) is 2.84. The van der Waals surface area contributed by atoms with E-state index in [1.807, 2.05) is 32.0 Å². The van der Waals surface area contributed by atoms with Crippen LogP contribution in [0.4, 0.5) is 11.4 Å². The molecule has 0 amide bonds. The quantitative estimate of drug-likeness (QED) is 0.312. The molecule has 7 nitrogen and oxygen atoms in total. The van der Waals surface area contributed by atoms with Crippen LogP contribution in [0.15, 0.2) is 58.1 Å². The number of hydrogen-bond donors (Lipinski definition) is 2. The molecule has 3 aromatic carbocycles. The van der Waals surface area contributed by atoms with E-state index in [0.717, 1.165) is 10.9 Å². The third-order valence-corrected chi connectivity index (χ3v) is 6.62. The van der Waals surface area contributed by atoms with Crippen LogP contribution in [-0.2, 0) is 11.2 Å². The van der Waals surface area contributed by atoms with Crippen molar-refractivity contribution in [2.45, 2.75) is 26.3 Å². The molecule has 4 aromatic rings. The van der Waals surface area contributed by atoms with Gasteiger partial charge in [-0.05, 0) is 49.7 Å². The number of rotatable bonds is 9. The summed E-state index contributed by atoms with van der Waals surface area (Å²) in [5.74, 6) is -1.12. The van der Waals surface area contributed by atoms with Gasteiger partial charge in [0.1, 0.15) is 17.4 Å². The SMILES string of the molecule is CCN(CC)c1c(N[C@@H](Cc2ccc3nc(-c4c(Cl)cccc4Cl)ccc3c2)C(=O)O)c(=O)c1=O. The van der Waals surface area contributed by atoms with Crippen molar-refractivity contribution < 1.29 is 9.90 Å². The molecule has 35 heavy (non-hydrogen) atoms. The highest BCUT2D eigenvalue weighted by Crippen LogP contribution is 2.34. The van der Waals surface area contributed by atoms with Gasteiger partial charge in [0.2, 0.25) is 0 Å². The van der Waals surface area contributed by atoms with Gasteiger partial charge in [-0.15, -0.1) is 0 Å². The highest BCUT2D eigenvalue weighted by molar-refractivity contribution is 6.39. The monoisotopic (exact) mass is 511 g/mol. The summed E-state index contributed by atoms with van der Waals surface area (Å²) in [6.07, 6.45) is 0.111. The molecule has 0 aliphatic carbocycles. The zero-order valence-electron chi connectivity index (χ0n) is 19.1. The molecule has 1 atom stereocenters. The lowest BCUT2D eigenvalue weighted by Gasteiger charge is -2.26. The van der Waals surface area contributed by atoms with E-state index in [-0.39, 0.29) is 17.8 Å². The first kappa shape index (κ1) is 24.7. The van der Waals surface area contributed by atoms with Crippen LogP contribution < -0.4 is 21.1 Å². The number of carboxylic acid groups (broad SMARTS) is 1. The minimum atomic E-state index is -1.12. The first-order valence-electron chi connectivity index (χ1n) is 11.2. The predicted octanol–water partition coefficient (Wildman–Crippen LogP) is 4.76. The molecule has 1 heterocycles. The summed E-state index contributed by atoms with van der Waals surface area (Å²) >= 11 is 12.6. The van der Waals surface area contributed by atoms with E-state index in [9.17, 15) is 19.5 Å². The fourth-order valence-electron chi connectivity index (χ4n) is 4.15. The molecular weight excluding hydrogens is 489 g/mol.